The van der Waals surface area contributed by atoms with Crippen molar-refractivity contribution in [2.24, 2.45) is 0 Å². The second kappa shape index (κ2) is 9.12. The molecule has 0 amide bonds. The van der Waals surface area contributed by atoms with E-state index < -0.39 is 10.0 Å². The van der Waals surface area contributed by atoms with Crippen LogP contribution in [0.2, 0.25) is 0 Å². The number of benzene rings is 2. The van der Waals surface area contributed by atoms with Crippen LogP contribution in [0.3, 0.4) is 0 Å². The largest absolute Gasteiger partial charge is 0.494 e. The number of sulfonamides is 1. The molecule has 0 aliphatic rings. The van der Waals surface area contributed by atoms with Crippen molar-refractivity contribution in [1.82, 2.24) is 9.62 Å². The van der Waals surface area contributed by atoms with Crippen molar-refractivity contribution in [2.75, 3.05) is 27.2 Å². The Bertz CT molecular complexity index is 791. The van der Waals surface area contributed by atoms with E-state index in [-0.39, 0.29) is 24.2 Å². The fourth-order valence-electron chi connectivity index (χ4n) is 2.61. The van der Waals surface area contributed by atoms with Gasteiger partial charge in [0.15, 0.2) is 0 Å². The fraction of sp³-hybridized carbons (Fsp3) is 0.368. The minimum Gasteiger partial charge on any atom is -0.494 e. The van der Waals surface area contributed by atoms with Crippen LogP contribution >= 0.6 is 0 Å². The van der Waals surface area contributed by atoms with Crippen molar-refractivity contribution in [3.63, 3.8) is 0 Å². The molecule has 0 radical (unpaired) electrons. The first-order chi connectivity index (χ1) is 12.3. The summed E-state index contributed by atoms with van der Waals surface area (Å²) in [6, 6.07) is 13.0. The van der Waals surface area contributed by atoms with Gasteiger partial charge < -0.3 is 9.64 Å². The lowest BCUT2D eigenvalue weighted by molar-refractivity contribution is 0.298. The Kier molecular flexibility index (Phi) is 7.14. The summed E-state index contributed by atoms with van der Waals surface area (Å²) in [5, 5.41) is 0. The molecule has 2 rings (SSSR count). The van der Waals surface area contributed by atoms with Gasteiger partial charge in [-0.25, -0.2) is 17.5 Å². The molecule has 0 aliphatic carbocycles. The zero-order valence-corrected chi connectivity index (χ0v) is 16.1. The molecule has 0 aromatic heterocycles. The monoisotopic (exact) mass is 380 g/mol. The summed E-state index contributed by atoms with van der Waals surface area (Å²) in [7, 11) is 0.272. The van der Waals surface area contributed by atoms with Gasteiger partial charge in [-0.3, -0.25) is 0 Å². The molecule has 7 heteroatoms. The number of rotatable bonds is 9. The number of likely N-dealkylation sites (N-methyl/N-ethyl adjacent to an activating group) is 1. The van der Waals surface area contributed by atoms with Gasteiger partial charge in [-0.1, -0.05) is 24.3 Å². The van der Waals surface area contributed by atoms with Crippen LogP contribution in [0.15, 0.2) is 48.5 Å². The Morgan fingerprint density at radius 3 is 2.23 bits per heavy atom. The Hall–Kier alpha value is -1.96. The van der Waals surface area contributed by atoms with Gasteiger partial charge in [0.2, 0.25) is 10.0 Å². The van der Waals surface area contributed by atoms with Crippen molar-refractivity contribution in [1.29, 1.82) is 0 Å². The first kappa shape index (κ1) is 20.4. The highest BCUT2D eigenvalue weighted by atomic mass is 32.2. The second-order valence-corrected chi connectivity index (χ2v) is 8.02. The summed E-state index contributed by atoms with van der Waals surface area (Å²) in [5.74, 6) is 0.212. The number of nitrogens with one attached hydrogen (secondary N) is 1. The first-order valence-electron chi connectivity index (χ1n) is 8.41. The van der Waals surface area contributed by atoms with Crippen LogP contribution in [0.1, 0.15) is 24.1 Å². The lowest BCUT2D eigenvalue weighted by Gasteiger charge is -2.25. The van der Waals surface area contributed by atoms with E-state index in [0.29, 0.717) is 12.2 Å². The molecule has 1 atom stereocenters. The van der Waals surface area contributed by atoms with Gasteiger partial charge in [-0.05, 0) is 56.4 Å². The topological polar surface area (TPSA) is 58.6 Å². The van der Waals surface area contributed by atoms with E-state index in [1.807, 2.05) is 50.2 Å². The molecule has 1 N–H and O–H groups in total. The van der Waals surface area contributed by atoms with Crippen molar-refractivity contribution in [3.05, 3.63) is 65.5 Å². The third-order valence-electron chi connectivity index (χ3n) is 3.97. The van der Waals surface area contributed by atoms with Crippen LogP contribution in [0.4, 0.5) is 4.39 Å². The predicted molar refractivity (Wildman–Crippen MR) is 101 cm³/mol. The van der Waals surface area contributed by atoms with E-state index in [1.54, 1.807) is 0 Å². The maximum Gasteiger partial charge on any atom is 0.215 e. The van der Waals surface area contributed by atoms with Crippen molar-refractivity contribution in [2.45, 2.75) is 18.7 Å². The Morgan fingerprint density at radius 2 is 1.69 bits per heavy atom. The maximum atomic E-state index is 12.9. The predicted octanol–water partition coefficient (Wildman–Crippen LogP) is 2.95. The molecule has 0 saturated heterocycles. The third-order valence-corrected chi connectivity index (χ3v) is 5.29. The van der Waals surface area contributed by atoms with E-state index in [9.17, 15) is 12.8 Å². The van der Waals surface area contributed by atoms with Crippen LogP contribution in [-0.2, 0) is 15.8 Å². The van der Waals surface area contributed by atoms with E-state index in [1.165, 1.54) is 24.3 Å². The minimum absolute atomic E-state index is 0.117. The highest BCUT2D eigenvalue weighted by molar-refractivity contribution is 7.88. The number of nitrogens with zero attached hydrogens (tertiary/aromatic N) is 1. The van der Waals surface area contributed by atoms with Crippen molar-refractivity contribution < 1.29 is 17.5 Å². The number of hydrogen-bond donors (Lipinski definition) is 1. The van der Waals surface area contributed by atoms with Gasteiger partial charge >= 0.3 is 0 Å². The molecule has 0 spiro atoms. The molecule has 2 aromatic carbocycles. The summed E-state index contributed by atoms with van der Waals surface area (Å²) in [4.78, 5) is 1.95. The maximum absolute atomic E-state index is 12.9. The summed E-state index contributed by atoms with van der Waals surface area (Å²) in [6.07, 6.45) is 0. The molecule has 5 nitrogen and oxygen atoms in total. The molecular formula is C19H25FN2O3S. The summed E-state index contributed by atoms with van der Waals surface area (Å²) in [5.41, 5.74) is 1.53. The van der Waals surface area contributed by atoms with E-state index in [4.69, 9.17) is 4.74 Å². The quantitative estimate of drug-likeness (QED) is 0.727. The molecule has 26 heavy (non-hydrogen) atoms. The van der Waals surface area contributed by atoms with Gasteiger partial charge in [0, 0.05) is 12.6 Å². The van der Waals surface area contributed by atoms with Gasteiger partial charge in [0.25, 0.3) is 0 Å². The summed E-state index contributed by atoms with van der Waals surface area (Å²) in [6.45, 7) is 2.76. The van der Waals surface area contributed by atoms with Gasteiger partial charge in [-0.2, -0.15) is 0 Å². The first-order valence-corrected chi connectivity index (χ1v) is 10.1. The third kappa shape index (κ3) is 6.09. The molecule has 0 heterocycles. The Morgan fingerprint density at radius 1 is 1.08 bits per heavy atom. The molecule has 2 aromatic rings. The van der Waals surface area contributed by atoms with E-state index >= 15 is 0 Å². The lowest BCUT2D eigenvalue weighted by atomic mass is 10.1. The normalized spacial score (nSPS) is 13.0. The van der Waals surface area contributed by atoms with E-state index in [2.05, 4.69) is 4.72 Å². The molecule has 142 valence electrons. The molecular weight excluding hydrogens is 355 g/mol. The second-order valence-electron chi connectivity index (χ2n) is 6.22. The van der Waals surface area contributed by atoms with Crippen LogP contribution in [0.25, 0.3) is 0 Å². The standard InChI is InChI=1S/C19H25FN2O3S/c1-4-25-18-11-7-16(8-12-18)19(22(2)3)13-21-26(23,24)14-15-5-9-17(20)10-6-15/h5-12,19,21H,4,13-14H2,1-3H3. The number of ether oxygens (including phenoxy) is 1. The average Bonchev–Trinajstić information content (AvgIpc) is 2.58. The zero-order chi connectivity index (χ0) is 19.2. The van der Waals surface area contributed by atoms with Crippen LogP contribution in [-0.4, -0.2) is 40.6 Å². The molecule has 0 aliphatic heterocycles. The number of hydrogen-bond acceptors (Lipinski definition) is 4. The lowest BCUT2D eigenvalue weighted by Crippen LogP contribution is -2.35. The molecule has 0 bridgehead atoms. The van der Waals surface area contributed by atoms with Crippen LogP contribution < -0.4 is 9.46 Å². The Labute approximate surface area is 154 Å². The zero-order valence-electron chi connectivity index (χ0n) is 15.3. The van der Waals surface area contributed by atoms with Gasteiger partial charge in [-0.15, -0.1) is 0 Å². The smallest absolute Gasteiger partial charge is 0.215 e. The fourth-order valence-corrected chi connectivity index (χ4v) is 3.75. The highest BCUT2D eigenvalue weighted by Crippen LogP contribution is 2.21. The average molecular weight is 380 g/mol. The van der Waals surface area contributed by atoms with Gasteiger partial charge in [0.1, 0.15) is 11.6 Å². The minimum atomic E-state index is -3.52. The number of halogens is 1. The van der Waals surface area contributed by atoms with Crippen molar-refractivity contribution in [3.8, 4) is 5.75 Å². The van der Waals surface area contributed by atoms with Gasteiger partial charge in [0.05, 0.1) is 12.4 Å². The Balaban J connectivity index is 2.03. The molecule has 0 saturated carbocycles. The highest BCUT2D eigenvalue weighted by Gasteiger charge is 2.18. The van der Waals surface area contributed by atoms with E-state index in [0.717, 1.165) is 11.3 Å². The SMILES string of the molecule is CCOc1ccc(C(CNS(=O)(=O)Cc2ccc(F)cc2)N(C)C)cc1. The van der Waals surface area contributed by atoms with Crippen molar-refractivity contribution >= 4 is 10.0 Å². The molecule has 1 unspecified atom stereocenters. The van der Waals surface area contributed by atoms with Crippen LogP contribution in [0.5, 0.6) is 5.75 Å². The summed E-state index contributed by atoms with van der Waals surface area (Å²) < 4.78 is 45.7. The van der Waals surface area contributed by atoms with Crippen LogP contribution in [0, 0.1) is 5.82 Å². The molecule has 0 fully saturated rings. The summed E-state index contributed by atoms with van der Waals surface area (Å²) >= 11 is 0.